The summed E-state index contributed by atoms with van der Waals surface area (Å²) < 4.78 is 0.916. The summed E-state index contributed by atoms with van der Waals surface area (Å²) in [7, 11) is 0. The number of nitrogens with zero attached hydrogens (tertiary/aromatic N) is 1. The quantitative estimate of drug-likeness (QED) is 0.708. The smallest absolute Gasteiger partial charge is 0.230 e. The zero-order valence-electron chi connectivity index (χ0n) is 6.48. The third-order valence-electron chi connectivity index (χ3n) is 1.20. The van der Waals surface area contributed by atoms with Gasteiger partial charge < -0.3 is 11.5 Å². The Labute approximate surface area is 78.4 Å². The fourth-order valence-electron chi connectivity index (χ4n) is 0.559. The van der Waals surface area contributed by atoms with Gasteiger partial charge in [-0.25, -0.2) is 4.98 Å². The second-order valence-corrected chi connectivity index (χ2v) is 4.88. The minimum absolute atomic E-state index is 0.232. The highest BCUT2D eigenvalue weighted by molar-refractivity contribution is 8.02. The number of nitrogen functional groups attached to an aromatic ring is 1. The van der Waals surface area contributed by atoms with Crippen molar-refractivity contribution in [3.05, 3.63) is 6.20 Å². The summed E-state index contributed by atoms with van der Waals surface area (Å²) >= 11 is 2.73. The Bertz CT molecular complexity index is 286. The number of anilines is 1. The van der Waals surface area contributed by atoms with Gasteiger partial charge in [0, 0.05) is 0 Å². The summed E-state index contributed by atoms with van der Waals surface area (Å²) in [5, 5.41) is 0.277. The van der Waals surface area contributed by atoms with Crippen LogP contribution in [0.2, 0.25) is 0 Å². The summed E-state index contributed by atoms with van der Waals surface area (Å²) in [6, 6.07) is 0. The van der Waals surface area contributed by atoms with E-state index in [1.54, 1.807) is 13.1 Å². The van der Waals surface area contributed by atoms with Gasteiger partial charge in [0.15, 0.2) is 5.13 Å². The molecule has 0 bridgehead atoms. The second kappa shape index (κ2) is 3.77. The van der Waals surface area contributed by atoms with Gasteiger partial charge in [-0.15, -0.1) is 11.8 Å². The van der Waals surface area contributed by atoms with Crippen LogP contribution in [-0.2, 0) is 4.79 Å². The zero-order valence-corrected chi connectivity index (χ0v) is 8.11. The van der Waals surface area contributed by atoms with E-state index in [9.17, 15) is 4.79 Å². The maximum absolute atomic E-state index is 10.7. The normalized spacial score (nSPS) is 12.8. The molecule has 0 radical (unpaired) electrons. The Kier molecular flexibility index (Phi) is 2.93. The Morgan fingerprint density at radius 2 is 2.50 bits per heavy atom. The van der Waals surface area contributed by atoms with Gasteiger partial charge >= 0.3 is 0 Å². The number of carbonyl (C=O) groups is 1. The molecule has 0 spiro atoms. The van der Waals surface area contributed by atoms with Crippen molar-refractivity contribution in [1.29, 1.82) is 0 Å². The lowest BCUT2D eigenvalue weighted by molar-refractivity contribution is -0.117. The summed E-state index contributed by atoms with van der Waals surface area (Å²) in [5.74, 6) is -0.327. The average molecular weight is 203 g/mol. The van der Waals surface area contributed by atoms with Crippen molar-refractivity contribution in [3.8, 4) is 0 Å². The molecular formula is C6H9N3OS2. The molecule has 0 aliphatic carbocycles. The zero-order chi connectivity index (χ0) is 9.14. The largest absolute Gasteiger partial charge is 0.375 e. The number of rotatable bonds is 3. The molecule has 0 saturated heterocycles. The summed E-state index contributed by atoms with van der Waals surface area (Å²) in [4.78, 5) is 14.5. The lowest BCUT2D eigenvalue weighted by Gasteiger charge is -2.02. The molecule has 1 amide bonds. The van der Waals surface area contributed by atoms with Gasteiger partial charge in [0.2, 0.25) is 5.91 Å². The molecule has 1 rings (SSSR count). The second-order valence-electron chi connectivity index (χ2n) is 2.18. The SMILES string of the molecule is CC(Sc1cnc(N)s1)C(N)=O. The van der Waals surface area contributed by atoms with E-state index in [1.807, 2.05) is 0 Å². The molecule has 6 heteroatoms. The molecule has 1 aromatic rings. The number of thiazole rings is 1. The standard InChI is InChI=1S/C6H9N3OS2/c1-3(5(7)10)11-4-2-9-6(8)12-4/h2-3H,1H3,(H2,7,10)(H2,8,9). The summed E-state index contributed by atoms with van der Waals surface area (Å²) in [6.45, 7) is 1.75. The summed E-state index contributed by atoms with van der Waals surface area (Å²) in [5.41, 5.74) is 10.5. The molecule has 4 nitrogen and oxygen atoms in total. The van der Waals surface area contributed by atoms with Crippen molar-refractivity contribution >= 4 is 34.1 Å². The van der Waals surface area contributed by atoms with Crippen LogP contribution in [0.3, 0.4) is 0 Å². The van der Waals surface area contributed by atoms with Crippen LogP contribution in [0.1, 0.15) is 6.92 Å². The molecule has 0 aliphatic heterocycles. The third kappa shape index (κ3) is 2.38. The first-order valence-corrected chi connectivity index (χ1v) is 4.96. The Morgan fingerprint density at radius 3 is 2.92 bits per heavy atom. The van der Waals surface area contributed by atoms with Gasteiger partial charge in [-0.2, -0.15) is 0 Å². The van der Waals surface area contributed by atoms with Crippen LogP contribution < -0.4 is 11.5 Å². The van der Waals surface area contributed by atoms with Crippen molar-refractivity contribution in [2.24, 2.45) is 5.73 Å². The van der Waals surface area contributed by atoms with E-state index in [-0.39, 0.29) is 11.2 Å². The molecule has 1 aromatic heterocycles. The van der Waals surface area contributed by atoms with Gasteiger partial charge in [-0.1, -0.05) is 11.3 Å². The average Bonchev–Trinajstić information content (AvgIpc) is 2.35. The first kappa shape index (κ1) is 9.34. The topological polar surface area (TPSA) is 82.0 Å². The number of carbonyl (C=O) groups excluding carboxylic acids is 1. The Morgan fingerprint density at radius 1 is 1.83 bits per heavy atom. The molecule has 66 valence electrons. The molecular weight excluding hydrogens is 194 g/mol. The van der Waals surface area contributed by atoms with E-state index in [0.29, 0.717) is 5.13 Å². The number of aromatic nitrogens is 1. The molecule has 0 aromatic carbocycles. The van der Waals surface area contributed by atoms with Crippen LogP contribution in [-0.4, -0.2) is 16.1 Å². The van der Waals surface area contributed by atoms with Crippen molar-refractivity contribution in [2.75, 3.05) is 5.73 Å². The van der Waals surface area contributed by atoms with Crippen molar-refractivity contribution in [2.45, 2.75) is 16.4 Å². The monoisotopic (exact) mass is 203 g/mol. The van der Waals surface area contributed by atoms with Gasteiger partial charge in [-0.05, 0) is 6.92 Å². The maximum atomic E-state index is 10.7. The summed E-state index contributed by atoms with van der Waals surface area (Å²) in [6.07, 6.45) is 1.64. The first-order valence-electron chi connectivity index (χ1n) is 3.27. The number of amides is 1. The molecule has 4 N–H and O–H groups in total. The highest BCUT2D eigenvalue weighted by Crippen LogP contribution is 2.29. The van der Waals surface area contributed by atoms with E-state index in [0.717, 1.165) is 4.21 Å². The molecule has 0 aliphatic rings. The fraction of sp³-hybridized carbons (Fsp3) is 0.333. The van der Waals surface area contributed by atoms with E-state index in [2.05, 4.69) is 4.98 Å². The first-order chi connectivity index (χ1) is 5.59. The minimum atomic E-state index is -0.327. The van der Waals surface area contributed by atoms with Gasteiger partial charge in [0.25, 0.3) is 0 Å². The third-order valence-corrected chi connectivity index (χ3v) is 3.28. The van der Waals surface area contributed by atoms with Crippen LogP contribution in [0.25, 0.3) is 0 Å². The molecule has 1 heterocycles. The number of hydrogen-bond acceptors (Lipinski definition) is 5. The lowest BCUT2D eigenvalue weighted by atomic mass is 10.5. The lowest BCUT2D eigenvalue weighted by Crippen LogP contribution is -2.22. The predicted molar refractivity (Wildman–Crippen MR) is 51.0 cm³/mol. The molecule has 1 unspecified atom stereocenters. The Hall–Kier alpha value is -0.750. The van der Waals surface area contributed by atoms with Crippen LogP contribution >= 0.6 is 23.1 Å². The van der Waals surface area contributed by atoms with Crippen molar-refractivity contribution in [1.82, 2.24) is 4.98 Å². The minimum Gasteiger partial charge on any atom is -0.375 e. The number of nitrogens with two attached hydrogens (primary N) is 2. The molecule has 1 atom stereocenters. The highest BCUT2D eigenvalue weighted by Gasteiger charge is 2.11. The molecule has 0 fully saturated rings. The van der Waals surface area contributed by atoms with E-state index in [1.165, 1.54) is 23.1 Å². The van der Waals surface area contributed by atoms with Crippen LogP contribution in [0, 0.1) is 0 Å². The van der Waals surface area contributed by atoms with Crippen LogP contribution in [0.5, 0.6) is 0 Å². The predicted octanol–water partition coefficient (Wildman–Crippen LogP) is 0.691. The maximum Gasteiger partial charge on any atom is 0.230 e. The van der Waals surface area contributed by atoms with E-state index < -0.39 is 0 Å². The van der Waals surface area contributed by atoms with Crippen molar-refractivity contribution in [3.63, 3.8) is 0 Å². The van der Waals surface area contributed by atoms with Gasteiger partial charge in [0.1, 0.15) is 0 Å². The van der Waals surface area contributed by atoms with Crippen LogP contribution in [0.4, 0.5) is 5.13 Å². The number of hydrogen-bond donors (Lipinski definition) is 2. The van der Waals surface area contributed by atoms with E-state index in [4.69, 9.17) is 11.5 Å². The highest BCUT2D eigenvalue weighted by atomic mass is 32.2. The Balaban J connectivity index is 2.58. The number of primary amides is 1. The fourth-order valence-corrected chi connectivity index (χ4v) is 2.44. The van der Waals surface area contributed by atoms with Gasteiger partial charge in [0.05, 0.1) is 15.7 Å². The van der Waals surface area contributed by atoms with Crippen molar-refractivity contribution < 1.29 is 4.79 Å². The molecule has 12 heavy (non-hydrogen) atoms. The molecule has 0 saturated carbocycles. The van der Waals surface area contributed by atoms with E-state index >= 15 is 0 Å². The number of thioether (sulfide) groups is 1. The van der Waals surface area contributed by atoms with Gasteiger partial charge in [-0.3, -0.25) is 4.79 Å². The van der Waals surface area contributed by atoms with Crippen LogP contribution in [0.15, 0.2) is 10.4 Å².